The highest BCUT2D eigenvalue weighted by molar-refractivity contribution is 5.91. The first kappa shape index (κ1) is 14.4. The minimum absolute atomic E-state index is 0.114. The molecule has 1 amide bonds. The molecule has 1 unspecified atom stereocenters. The van der Waals surface area contributed by atoms with Crippen LogP contribution < -0.4 is 5.32 Å². The monoisotopic (exact) mass is 282 g/mol. The van der Waals surface area contributed by atoms with Crippen molar-refractivity contribution in [3.63, 3.8) is 0 Å². The van der Waals surface area contributed by atoms with E-state index in [1.165, 1.54) is 6.07 Å². The van der Waals surface area contributed by atoms with E-state index in [2.05, 4.69) is 5.32 Å². The molecule has 1 atom stereocenters. The molecule has 0 aliphatic carbocycles. The van der Waals surface area contributed by atoms with Crippen LogP contribution in [0.15, 0.2) is 18.2 Å². The third-order valence-corrected chi connectivity index (χ3v) is 3.14. The highest BCUT2D eigenvalue weighted by atomic mass is 19.1. The Morgan fingerprint density at radius 2 is 2.35 bits per heavy atom. The number of benzene rings is 1. The Morgan fingerprint density at radius 1 is 1.55 bits per heavy atom. The molecule has 1 aliphatic heterocycles. The zero-order chi connectivity index (χ0) is 14.5. The van der Waals surface area contributed by atoms with Gasteiger partial charge in [0.15, 0.2) is 0 Å². The maximum atomic E-state index is 13.1. The Balaban J connectivity index is 1.90. The van der Waals surface area contributed by atoms with E-state index in [9.17, 15) is 19.3 Å². The molecule has 7 heteroatoms. The van der Waals surface area contributed by atoms with Gasteiger partial charge in [-0.25, -0.2) is 0 Å². The van der Waals surface area contributed by atoms with Crippen LogP contribution >= 0.6 is 0 Å². The average molecular weight is 282 g/mol. The van der Waals surface area contributed by atoms with Gasteiger partial charge in [-0.05, 0) is 31.4 Å². The average Bonchev–Trinajstić information content (AvgIpc) is 2.91. The maximum absolute atomic E-state index is 13.1. The van der Waals surface area contributed by atoms with Gasteiger partial charge in [-0.15, -0.1) is 0 Å². The van der Waals surface area contributed by atoms with Crippen LogP contribution in [0.4, 0.5) is 15.8 Å². The number of hydrogen-bond acceptors (Lipinski definition) is 4. The van der Waals surface area contributed by atoms with Crippen LogP contribution in [-0.4, -0.2) is 23.5 Å². The molecule has 1 saturated heterocycles. The van der Waals surface area contributed by atoms with Crippen LogP contribution in [0.3, 0.4) is 0 Å². The third kappa shape index (κ3) is 3.74. The van der Waals surface area contributed by atoms with Crippen molar-refractivity contribution in [1.82, 2.24) is 0 Å². The molecule has 1 aromatic rings. The fraction of sp³-hybridized carbons (Fsp3) is 0.462. The Morgan fingerprint density at radius 3 is 3.00 bits per heavy atom. The number of carbonyl (C=O) groups excluding carboxylic acids is 1. The molecule has 6 nitrogen and oxygen atoms in total. The van der Waals surface area contributed by atoms with Crippen molar-refractivity contribution in [3.05, 3.63) is 34.1 Å². The highest BCUT2D eigenvalue weighted by Gasteiger charge is 2.18. The van der Waals surface area contributed by atoms with E-state index in [1.54, 1.807) is 0 Å². The summed E-state index contributed by atoms with van der Waals surface area (Å²) in [6.07, 6.45) is 2.97. The van der Waals surface area contributed by atoms with E-state index in [0.717, 1.165) is 31.6 Å². The number of amides is 1. The number of carbonyl (C=O) groups is 1. The number of halogens is 1. The summed E-state index contributed by atoms with van der Waals surface area (Å²) < 4.78 is 18.5. The van der Waals surface area contributed by atoms with Crippen molar-refractivity contribution in [2.75, 3.05) is 11.9 Å². The minimum Gasteiger partial charge on any atom is -0.378 e. The van der Waals surface area contributed by atoms with Gasteiger partial charge in [0.2, 0.25) is 11.7 Å². The summed E-state index contributed by atoms with van der Waals surface area (Å²) in [5, 5.41) is 13.1. The van der Waals surface area contributed by atoms with Gasteiger partial charge >= 0.3 is 5.69 Å². The number of ether oxygens (including phenoxy) is 1. The number of nitro groups is 1. The van der Waals surface area contributed by atoms with Crippen LogP contribution in [0.1, 0.15) is 25.7 Å². The second-order valence-electron chi connectivity index (χ2n) is 4.65. The first-order chi connectivity index (χ1) is 9.56. The highest BCUT2D eigenvalue weighted by Crippen LogP contribution is 2.22. The predicted octanol–water partition coefficient (Wildman–Crippen LogP) is 2.63. The SMILES string of the molecule is O=C(CCC1CCCO1)Nc1ccc(F)c([N+](=O)[O-])c1. The second-order valence-corrected chi connectivity index (χ2v) is 4.65. The Hall–Kier alpha value is -2.02. The smallest absolute Gasteiger partial charge is 0.306 e. The predicted molar refractivity (Wildman–Crippen MR) is 69.9 cm³/mol. The van der Waals surface area contributed by atoms with Crippen LogP contribution in [0.5, 0.6) is 0 Å². The molecule has 1 fully saturated rings. The summed E-state index contributed by atoms with van der Waals surface area (Å²) in [6, 6.07) is 3.28. The van der Waals surface area contributed by atoms with Crippen LogP contribution in [-0.2, 0) is 9.53 Å². The molecule has 20 heavy (non-hydrogen) atoms. The molecular weight excluding hydrogens is 267 g/mol. The summed E-state index contributed by atoms with van der Waals surface area (Å²) in [6.45, 7) is 0.733. The fourth-order valence-electron chi connectivity index (χ4n) is 2.12. The molecule has 1 N–H and O–H groups in total. The van der Waals surface area contributed by atoms with E-state index in [4.69, 9.17) is 4.74 Å². The van der Waals surface area contributed by atoms with Gasteiger partial charge in [0.1, 0.15) is 0 Å². The van der Waals surface area contributed by atoms with Gasteiger partial charge in [0, 0.05) is 24.8 Å². The minimum atomic E-state index is -0.924. The van der Waals surface area contributed by atoms with Crippen LogP contribution in [0.2, 0.25) is 0 Å². The van der Waals surface area contributed by atoms with Crippen LogP contribution in [0, 0.1) is 15.9 Å². The van der Waals surface area contributed by atoms with E-state index >= 15 is 0 Å². The fourth-order valence-corrected chi connectivity index (χ4v) is 2.12. The molecular formula is C13H15FN2O4. The standard InChI is InChI=1S/C13H15FN2O4/c14-11-5-3-9(8-12(11)16(18)19)15-13(17)6-4-10-2-1-7-20-10/h3,5,8,10H,1-2,4,6-7H2,(H,15,17). The number of nitrogens with zero attached hydrogens (tertiary/aromatic N) is 1. The van der Waals surface area contributed by atoms with Crippen molar-refractivity contribution in [2.24, 2.45) is 0 Å². The van der Waals surface area contributed by atoms with Crippen molar-refractivity contribution in [3.8, 4) is 0 Å². The van der Waals surface area contributed by atoms with E-state index < -0.39 is 16.4 Å². The lowest BCUT2D eigenvalue weighted by molar-refractivity contribution is -0.387. The Bertz CT molecular complexity index is 515. The van der Waals surface area contributed by atoms with Crippen molar-refractivity contribution in [1.29, 1.82) is 0 Å². The van der Waals surface area contributed by atoms with E-state index in [1.807, 2.05) is 0 Å². The molecule has 0 saturated carbocycles. The van der Waals surface area contributed by atoms with Crippen LogP contribution in [0.25, 0.3) is 0 Å². The number of nitrogens with one attached hydrogen (secondary N) is 1. The number of hydrogen-bond donors (Lipinski definition) is 1. The summed E-state index contributed by atoms with van der Waals surface area (Å²) in [5.41, 5.74) is -0.433. The number of anilines is 1. The topological polar surface area (TPSA) is 81.5 Å². The summed E-state index contributed by atoms with van der Waals surface area (Å²) >= 11 is 0. The summed E-state index contributed by atoms with van der Waals surface area (Å²) in [4.78, 5) is 21.5. The normalized spacial score (nSPS) is 17.9. The molecule has 0 aromatic heterocycles. The van der Waals surface area contributed by atoms with E-state index in [0.29, 0.717) is 6.42 Å². The van der Waals surface area contributed by atoms with Gasteiger partial charge in [-0.3, -0.25) is 14.9 Å². The van der Waals surface area contributed by atoms with Gasteiger partial charge in [-0.1, -0.05) is 0 Å². The third-order valence-electron chi connectivity index (χ3n) is 3.14. The zero-order valence-electron chi connectivity index (χ0n) is 10.8. The molecule has 1 aliphatic rings. The molecule has 0 spiro atoms. The van der Waals surface area contributed by atoms with E-state index in [-0.39, 0.29) is 24.1 Å². The van der Waals surface area contributed by atoms with Crippen molar-refractivity contribution in [2.45, 2.75) is 31.8 Å². The molecule has 1 heterocycles. The Labute approximate surface area is 115 Å². The second kappa shape index (κ2) is 6.42. The zero-order valence-corrected chi connectivity index (χ0v) is 10.8. The largest absolute Gasteiger partial charge is 0.378 e. The summed E-state index contributed by atoms with van der Waals surface area (Å²) in [5.74, 6) is -1.19. The maximum Gasteiger partial charge on any atom is 0.306 e. The molecule has 1 aromatic carbocycles. The van der Waals surface area contributed by atoms with Gasteiger partial charge in [-0.2, -0.15) is 4.39 Å². The molecule has 2 rings (SSSR count). The summed E-state index contributed by atoms with van der Waals surface area (Å²) in [7, 11) is 0. The first-order valence-electron chi connectivity index (χ1n) is 6.41. The molecule has 0 bridgehead atoms. The van der Waals surface area contributed by atoms with Gasteiger partial charge in [0.25, 0.3) is 0 Å². The lowest BCUT2D eigenvalue weighted by atomic mass is 10.1. The van der Waals surface area contributed by atoms with Gasteiger partial charge in [0.05, 0.1) is 11.0 Å². The number of rotatable bonds is 5. The van der Waals surface area contributed by atoms with Gasteiger partial charge < -0.3 is 10.1 Å². The molecule has 108 valence electrons. The molecule has 0 radical (unpaired) electrons. The Kier molecular flexibility index (Phi) is 4.62. The quantitative estimate of drug-likeness (QED) is 0.665. The number of nitro benzene ring substituents is 1. The van der Waals surface area contributed by atoms with Crippen molar-refractivity contribution < 1.29 is 18.8 Å². The lowest BCUT2D eigenvalue weighted by Gasteiger charge is -2.09. The van der Waals surface area contributed by atoms with Crippen molar-refractivity contribution >= 4 is 17.3 Å². The lowest BCUT2D eigenvalue weighted by Crippen LogP contribution is -2.15. The first-order valence-corrected chi connectivity index (χ1v) is 6.41.